The van der Waals surface area contributed by atoms with Crippen LogP contribution in [-0.4, -0.2) is 38.1 Å². The number of piperazine rings is 1. The standard InChI is InChI=1S/C10H16N3/c1-11-7-9-13(10-8-11)12-5-3-2-4-6-12/h2-6H,7-10H2,1H3/q+1. The molecule has 2 heterocycles. The Morgan fingerprint density at radius 1 is 0.923 bits per heavy atom. The molecule has 0 aliphatic carbocycles. The molecule has 1 aromatic rings. The van der Waals surface area contributed by atoms with Crippen LogP contribution in [0.1, 0.15) is 0 Å². The number of aromatic nitrogens is 1. The van der Waals surface area contributed by atoms with E-state index in [1.165, 1.54) is 0 Å². The van der Waals surface area contributed by atoms with Crippen LogP contribution in [0, 0.1) is 0 Å². The number of hydrogen-bond acceptors (Lipinski definition) is 2. The second-order valence-electron chi connectivity index (χ2n) is 3.51. The average molecular weight is 178 g/mol. The normalized spacial score (nSPS) is 19.0. The Labute approximate surface area is 79.2 Å². The van der Waals surface area contributed by atoms with Crippen LogP contribution < -0.4 is 9.69 Å². The molecular weight excluding hydrogens is 162 g/mol. The third-order valence-corrected chi connectivity index (χ3v) is 2.51. The molecule has 3 heteroatoms. The number of pyridine rings is 1. The van der Waals surface area contributed by atoms with Gasteiger partial charge in [-0.1, -0.05) is 10.7 Å². The number of nitrogens with zero attached hydrogens (tertiary/aromatic N) is 3. The van der Waals surface area contributed by atoms with Gasteiger partial charge in [0.05, 0.1) is 13.1 Å². The summed E-state index contributed by atoms with van der Waals surface area (Å²) in [7, 11) is 2.17. The quantitative estimate of drug-likeness (QED) is 0.554. The van der Waals surface area contributed by atoms with E-state index in [9.17, 15) is 0 Å². The molecule has 0 bridgehead atoms. The van der Waals surface area contributed by atoms with Gasteiger partial charge >= 0.3 is 0 Å². The fraction of sp³-hybridized carbons (Fsp3) is 0.500. The summed E-state index contributed by atoms with van der Waals surface area (Å²) in [6.07, 6.45) is 4.20. The molecular formula is C10H16N3+. The summed E-state index contributed by atoms with van der Waals surface area (Å²) in [6, 6.07) is 6.18. The van der Waals surface area contributed by atoms with Crippen LogP contribution in [0.4, 0.5) is 0 Å². The minimum atomic E-state index is 1.12. The Balaban J connectivity index is 2.03. The van der Waals surface area contributed by atoms with E-state index in [0.29, 0.717) is 0 Å². The van der Waals surface area contributed by atoms with Crippen LogP contribution in [0.25, 0.3) is 0 Å². The molecule has 0 spiro atoms. The zero-order chi connectivity index (χ0) is 9.10. The lowest BCUT2D eigenvalue weighted by Gasteiger charge is -2.28. The molecule has 1 aliphatic heterocycles. The number of rotatable bonds is 1. The average Bonchev–Trinajstić information content (AvgIpc) is 2.20. The zero-order valence-corrected chi connectivity index (χ0v) is 8.06. The molecule has 1 fully saturated rings. The van der Waals surface area contributed by atoms with Crippen molar-refractivity contribution in [2.24, 2.45) is 0 Å². The molecule has 70 valence electrons. The zero-order valence-electron chi connectivity index (χ0n) is 8.06. The highest BCUT2D eigenvalue weighted by atomic mass is 15.6. The van der Waals surface area contributed by atoms with Crippen LogP contribution in [-0.2, 0) is 0 Å². The first-order valence-corrected chi connectivity index (χ1v) is 4.76. The van der Waals surface area contributed by atoms with Gasteiger partial charge in [0.25, 0.3) is 0 Å². The Morgan fingerprint density at radius 3 is 2.15 bits per heavy atom. The molecule has 1 aromatic heterocycles. The van der Waals surface area contributed by atoms with Crippen molar-refractivity contribution >= 4 is 0 Å². The minimum absolute atomic E-state index is 1.12. The predicted octanol–water partition coefficient (Wildman–Crippen LogP) is -0.142. The Bertz CT molecular complexity index is 252. The minimum Gasteiger partial charge on any atom is -0.302 e. The van der Waals surface area contributed by atoms with Gasteiger partial charge in [-0.25, -0.2) is 0 Å². The Kier molecular flexibility index (Phi) is 2.45. The highest BCUT2D eigenvalue weighted by Gasteiger charge is 2.18. The second-order valence-corrected chi connectivity index (χ2v) is 3.51. The SMILES string of the molecule is CN1CCN([n+]2ccccc2)CC1. The summed E-state index contributed by atoms with van der Waals surface area (Å²) in [5.74, 6) is 0. The monoisotopic (exact) mass is 178 g/mol. The summed E-state index contributed by atoms with van der Waals surface area (Å²) in [6.45, 7) is 4.54. The van der Waals surface area contributed by atoms with Gasteiger partial charge in [0.2, 0.25) is 0 Å². The van der Waals surface area contributed by atoms with Gasteiger partial charge in [0.15, 0.2) is 12.4 Å². The lowest BCUT2D eigenvalue weighted by atomic mass is 10.4. The number of hydrogen-bond donors (Lipinski definition) is 0. The van der Waals surface area contributed by atoms with E-state index in [1.54, 1.807) is 0 Å². The van der Waals surface area contributed by atoms with E-state index >= 15 is 0 Å². The largest absolute Gasteiger partial charge is 0.302 e. The van der Waals surface area contributed by atoms with Gasteiger partial charge in [-0.2, -0.15) is 5.01 Å². The first-order valence-electron chi connectivity index (χ1n) is 4.76. The van der Waals surface area contributed by atoms with Crippen molar-refractivity contribution in [3.05, 3.63) is 30.6 Å². The Morgan fingerprint density at radius 2 is 1.54 bits per heavy atom. The highest BCUT2D eigenvalue weighted by Crippen LogP contribution is 1.92. The van der Waals surface area contributed by atoms with Crippen LogP contribution in [0.15, 0.2) is 30.6 Å². The molecule has 0 atom stereocenters. The van der Waals surface area contributed by atoms with E-state index in [1.807, 2.05) is 6.07 Å². The topological polar surface area (TPSA) is 10.4 Å². The summed E-state index contributed by atoms with van der Waals surface area (Å²) in [5.41, 5.74) is 0. The van der Waals surface area contributed by atoms with Crippen LogP contribution in [0.5, 0.6) is 0 Å². The van der Waals surface area contributed by atoms with Crippen LogP contribution >= 0.6 is 0 Å². The van der Waals surface area contributed by atoms with Crippen molar-refractivity contribution in [3.8, 4) is 0 Å². The second kappa shape index (κ2) is 3.75. The molecule has 0 unspecified atom stereocenters. The first-order chi connectivity index (χ1) is 6.36. The third kappa shape index (κ3) is 1.98. The third-order valence-electron chi connectivity index (χ3n) is 2.51. The first kappa shape index (κ1) is 8.51. The molecule has 0 aromatic carbocycles. The molecule has 13 heavy (non-hydrogen) atoms. The molecule has 0 saturated carbocycles. The van der Waals surface area contributed by atoms with Crippen molar-refractivity contribution in [1.29, 1.82) is 0 Å². The van der Waals surface area contributed by atoms with E-state index in [-0.39, 0.29) is 0 Å². The van der Waals surface area contributed by atoms with E-state index < -0.39 is 0 Å². The molecule has 2 rings (SSSR count). The fourth-order valence-corrected chi connectivity index (χ4v) is 1.60. The van der Waals surface area contributed by atoms with E-state index in [4.69, 9.17) is 0 Å². The van der Waals surface area contributed by atoms with Crippen molar-refractivity contribution in [2.75, 3.05) is 38.2 Å². The maximum absolute atomic E-state index is 2.36. The highest BCUT2D eigenvalue weighted by molar-refractivity contribution is 4.87. The van der Waals surface area contributed by atoms with E-state index in [0.717, 1.165) is 26.2 Å². The maximum Gasteiger partial charge on any atom is 0.199 e. The maximum atomic E-state index is 2.36. The lowest BCUT2D eigenvalue weighted by Crippen LogP contribution is -2.63. The van der Waals surface area contributed by atoms with Gasteiger partial charge in [0, 0.05) is 25.2 Å². The van der Waals surface area contributed by atoms with Crippen molar-refractivity contribution in [1.82, 2.24) is 4.90 Å². The Hall–Kier alpha value is -1.09. The van der Waals surface area contributed by atoms with Crippen molar-refractivity contribution in [3.63, 3.8) is 0 Å². The molecule has 1 saturated heterocycles. The van der Waals surface area contributed by atoms with Gasteiger partial charge in [-0.15, -0.1) is 0 Å². The summed E-state index contributed by atoms with van der Waals surface area (Å²) < 4.78 is 2.17. The predicted molar refractivity (Wildman–Crippen MR) is 52.1 cm³/mol. The fourth-order valence-electron chi connectivity index (χ4n) is 1.60. The van der Waals surface area contributed by atoms with Crippen LogP contribution in [0.3, 0.4) is 0 Å². The van der Waals surface area contributed by atoms with E-state index in [2.05, 4.69) is 46.2 Å². The van der Waals surface area contributed by atoms with Gasteiger partial charge in [-0.3, -0.25) is 0 Å². The molecule has 0 amide bonds. The van der Waals surface area contributed by atoms with Crippen molar-refractivity contribution < 1.29 is 4.68 Å². The lowest BCUT2D eigenvalue weighted by molar-refractivity contribution is -0.694. The molecule has 0 radical (unpaired) electrons. The molecule has 1 aliphatic rings. The van der Waals surface area contributed by atoms with Gasteiger partial charge in [0.1, 0.15) is 0 Å². The molecule has 3 nitrogen and oxygen atoms in total. The summed E-state index contributed by atoms with van der Waals surface area (Å²) >= 11 is 0. The van der Waals surface area contributed by atoms with Crippen LogP contribution in [0.2, 0.25) is 0 Å². The smallest absolute Gasteiger partial charge is 0.199 e. The molecule has 0 N–H and O–H groups in total. The van der Waals surface area contributed by atoms with Crippen molar-refractivity contribution in [2.45, 2.75) is 0 Å². The van der Waals surface area contributed by atoms with Gasteiger partial charge in [-0.05, 0) is 7.05 Å². The summed E-state index contributed by atoms with van der Waals surface area (Å²) in [5, 5.41) is 2.36. The summed E-state index contributed by atoms with van der Waals surface area (Å²) in [4.78, 5) is 2.36. The van der Waals surface area contributed by atoms with Gasteiger partial charge < -0.3 is 4.90 Å². The number of likely N-dealkylation sites (N-methyl/N-ethyl adjacent to an activating group) is 1.